The zero-order chi connectivity index (χ0) is 53.6. The van der Waals surface area contributed by atoms with Crippen LogP contribution in [0.2, 0.25) is 0 Å². The molecule has 432 valence electrons. The Morgan fingerprint density at radius 2 is 0.824 bits per heavy atom. The Morgan fingerprint density at radius 3 is 1.26 bits per heavy atom. The van der Waals surface area contributed by atoms with Gasteiger partial charge in [0.05, 0.1) is 25.4 Å². The topological polar surface area (TPSA) is 149 Å². The van der Waals surface area contributed by atoms with E-state index >= 15 is 0 Å². The van der Waals surface area contributed by atoms with E-state index in [1.807, 2.05) is 6.08 Å². The van der Waals surface area contributed by atoms with Crippen LogP contribution in [0.3, 0.4) is 0 Å². The summed E-state index contributed by atoms with van der Waals surface area (Å²) in [5, 5.41) is 54.3. The number of amides is 1. The number of rotatable bonds is 54. The Balaban J connectivity index is 2.05. The number of hydrogen-bond donors (Lipinski definition) is 6. The summed E-state index contributed by atoms with van der Waals surface area (Å²) < 4.78 is 11.2. The van der Waals surface area contributed by atoms with Gasteiger partial charge in [-0.15, -0.1) is 0 Å². The fraction of sp³-hybridized carbons (Fsp3) is 0.831. The molecule has 7 unspecified atom stereocenters. The first kappa shape index (κ1) is 69.9. The smallest absolute Gasteiger partial charge is 0.220 e. The Labute approximate surface area is 456 Å². The third-order valence-corrected chi connectivity index (χ3v) is 14.8. The standard InChI is InChI=1S/C65H119NO8/c1-3-5-7-9-11-13-15-17-18-19-20-21-22-23-24-25-26-27-28-29-30-31-32-33-34-35-36-37-38-39-40-41-42-43-45-47-49-51-53-55-61(69)66-58(57-73-65-64(72)63(71)62(70)60(56-67)74-65)59(68)54-52-50-48-46-44-16-14-12-10-8-6-4-2/h10,12,26-27,29-30,44,46,52,54,58-60,62-65,67-68,70-72H,3-9,11,13-25,28,31-43,45,47-51,53,55-57H2,1-2H3,(H,66,69)/b12-10+,27-26-,30-29-,46-44+,54-52+. The van der Waals surface area contributed by atoms with Gasteiger partial charge in [-0.1, -0.05) is 274 Å². The van der Waals surface area contributed by atoms with Crippen molar-refractivity contribution in [1.82, 2.24) is 5.32 Å². The number of nitrogens with one attached hydrogen (secondary N) is 1. The van der Waals surface area contributed by atoms with Crippen molar-refractivity contribution in [3.8, 4) is 0 Å². The summed E-state index contributed by atoms with van der Waals surface area (Å²) in [6.07, 6.45) is 67.7. The molecule has 0 bridgehead atoms. The Morgan fingerprint density at radius 1 is 0.459 bits per heavy atom. The van der Waals surface area contributed by atoms with Crippen LogP contribution < -0.4 is 5.32 Å². The first-order valence-corrected chi connectivity index (χ1v) is 31.5. The van der Waals surface area contributed by atoms with E-state index in [-0.39, 0.29) is 12.5 Å². The highest BCUT2D eigenvalue weighted by Gasteiger charge is 2.44. The first-order chi connectivity index (χ1) is 36.3. The van der Waals surface area contributed by atoms with Crippen molar-refractivity contribution in [2.75, 3.05) is 13.2 Å². The highest BCUT2D eigenvalue weighted by atomic mass is 16.7. The van der Waals surface area contributed by atoms with Crippen LogP contribution in [-0.4, -0.2) is 87.5 Å². The molecule has 0 aromatic carbocycles. The minimum Gasteiger partial charge on any atom is -0.394 e. The summed E-state index contributed by atoms with van der Waals surface area (Å²) in [5.41, 5.74) is 0. The van der Waals surface area contributed by atoms with Crippen LogP contribution >= 0.6 is 0 Å². The SMILES string of the molecule is CCCC/C=C/CC/C=C/CC/C=C/C(O)C(COC1OC(CO)C(O)C(O)C1O)NC(=O)CCCCCCCCCCCCCCCCCCC/C=C\C/C=C\CCCCCCCCCCCCCCCCC. The van der Waals surface area contributed by atoms with Crippen LogP contribution in [0.15, 0.2) is 60.8 Å². The van der Waals surface area contributed by atoms with Gasteiger partial charge < -0.3 is 40.3 Å². The summed E-state index contributed by atoms with van der Waals surface area (Å²) in [6.45, 7) is 3.72. The highest BCUT2D eigenvalue weighted by molar-refractivity contribution is 5.76. The molecule has 1 fully saturated rings. The number of carbonyl (C=O) groups is 1. The summed E-state index contributed by atoms with van der Waals surface area (Å²) in [4.78, 5) is 13.0. The monoisotopic (exact) mass is 1040 g/mol. The normalized spacial score (nSPS) is 19.4. The van der Waals surface area contributed by atoms with E-state index < -0.39 is 49.5 Å². The number of allylic oxidation sites excluding steroid dienone is 9. The van der Waals surface area contributed by atoms with Crippen molar-refractivity contribution in [2.24, 2.45) is 0 Å². The molecule has 0 radical (unpaired) electrons. The van der Waals surface area contributed by atoms with E-state index in [4.69, 9.17) is 9.47 Å². The van der Waals surface area contributed by atoms with Gasteiger partial charge in [0.25, 0.3) is 0 Å². The molecule has 0 saturated carbocycles. The third kappa shape index (κ3) is 42.9. The molecule has 1 heterocycles. The lowest BCUT2D eigenvalue weighted by atomic mass is 9.99. The Kier molecular flexibility index (Phi) is 51.3. The molecule has 1 aliphatic rings. The molecular weight excluding hydrogens is 923 g/mol. The number of hydrogen-bond acceptors (Lipinski definition) is 8. The van der Waals surface area contributed by atoms with Crippen molar-refractivity contribution in [3.63, 3.8) is 0 Å². The minimum atomic E-state index is -1.58. The van der Waals surface area contributed by atoms with E-state index in [1.165, 1.54) is 212 Å². The van der Waals surface area contributed by atoms with Crippen LogP contribution in [0, 0.1) is 0 Å². The van der Waals surface area contributed by atoms with Gasteiger partial charge in [0.15, 0.2) is 6.29 Å². The Hall–Kier alpha value is -2.11. The number of ether oxygens (including phenoxy) is 2. The first-order valence-electron chi connectivity index (χ1n) is 31.5. The van der Waals surface area contributed by atoms with E-state index in [1.54, 1.807) is 6.08 Å². The van der Waals surface area contributed by atoms with E-state index in [0.717, 1.165) is 57.8 Å². The predicted molar refractivity (Wildman–Crippen MR) is 313 cm³/mol. The van der Waals surface area contributed by atoms with Crippen molar-refractivity contribution >= 4 is 5.91 Å². The average molecular weight is 1040 g/mol. The zero-order valence-corrected chi connectivity index (χ0v) is 48.1. The van der Waals surface area contributed by atoms with E-state index in [9.17, 15) is 30.3 Å². The van der Waals surface area contributed by atoms with Gasteiger partial charge in [-0.2, -0.15) is 0 Å². The maximum absolute atomic E-state index is 13.0. The molecule has 9 heteroatoms. The van der Waals surface area contributed by atoms with Gasteiger partial charge in [-0.25, -0.2) is 0 Å². The largest absolute Gasteiger partial charge is 0.394 e. The molecule has 6 N–H and O–H groups in total. The average Bonchev–Trinajstić information content (AvgIpc) is 3.40. The zero-order valence-electron chi connectivity index (χ0n) is 48.1. The fourth-order valence-corrected chi connectivity index (χ4v) is 9.80. The summed E-state index contributed by atoms with van der Waals surface area (Å²) in [6, 6.07) is -0.828. The minimum absolute atomic E-state index is 0.191. The maximum atomic E-state index is 13.0. The summed E-state index contributed by atoms with van der Waals surface area (Å²) >= 11 is 0. The summed E-state index contributed by atoms with van der Waals surface area (Å²) in [5.74, 6) is -0.191. The molecule has 0 aliphatic carbocycles. The van der Waals surface area contributed by atoms with Crippen molar-refractivity contribution in [1.29, 1.82) is 0 Å². The van der Waals surface area contributed by atoms with Crippen molar-refractivity contribution < 1.29 is 39.8 Å². The molecule has 1 aliphatic heterocycles. The number of carbonyl (C=O) groups excluding carboxylic acids is 1. The van der Waals surface area contributed by atoms with E-state index in [0.29, 0.717) is 6.42 Å². The van der Waals surface area contributed by atoms with Crippen molar-refractivity contribution in [3.05, 3.63) is 60.8 Å². The maximum Gasteiger partial charge on any atom is 0.220 e. The van der Waals surface area contributed by atoms with Crippen molar-refractivity contribution in [2.45, 2.75) is 333 Å². The highest BCUT2D eigenvalue weighted by Crippen LogP contribution is 2.23. The quantitative estimate of drug-likeness (QED) is 0.0261. The molecule has 1 amide bonds. The van der Waals surface area contributed by atoms with Crippen LogP contribution in [0.1, 0.15) is 290 Å². The fourth-order valence-electron chi connectivity index (χ4n) is 9.80. The molecule has 1 rings (SSSR count). The lowest BCUT2D eigenvalue weighted by Gasteiger charge is -2.40. The lowest BCUT2D eigenvalue weighted by Crippen LogP contribution is -2.60. The van der Waals surface area contributed by atoms with Gasteiger partial charge in [-0.3, -0.25) is 4.79 Å². The predicted octanol–water partition coefficient (Wildman–Crippen LogP) is 16.2. The second-order valence-electron chi connectivity index (χ2n) is 21.8. The molecule has 1 saturated heterocycles. The molecular formula is C65H119NO8. The molecule has 0 aromatic rings. The molecule has 74 heavy (non-hydrogen) atoms. The Bertz CT molecular complexity index is 1350. The van der Waals surface area contributed by atoms with Gasteiger partial charge in [0, 0.05) is 6.42 Å². The van der Waals surface area contributed by atoms with E-state index in [2.05, 4.69) is 67.8 Å². The van der Waals surface area contributed by atoms with Gasteiger partial charge >= 0.3 is 0 Å². The van der Waals surface area contributed by atoms with Gasteiger partial charge in [0.1, 0.15) is 24.4 Å². The van der Waals surface area contributed by atoms with Crippen LogP contribution in [0.5, 0.6) is 0 Å². The number of aliphatic hydroxyl groups is 5. The molecule has 0 spiro atoms. The number of aliphatic hydroxyl groups excluding tert-OH is 5. The van der Waals surface area contributed by atoms with Crippen LogP contribution in [-0.2, 0) is 14.3 Å². The number of unbranched alkanes of at least 4 members (excludes halogenated alkanes) is 36. The van der Waals surface area contributed by atoms with Gasteiger partial charge in [-0.05, 0) is 70.6 Å². The van der Waals surface area contributed by atoms with Crippen LogP contribution in [0.4, 0.5) is 0 Å². The molecule has 7 atom stereocenters. The molecule has 9 nitrogen and oxygen atoms in total. The lowest BCUT2D eigenvalue weighted by molar-refractivity contribution is -0.302. The second kappa shape index (κ2) is 54.3. The van der Waals surface area contributed by atoms with Crippen LogP contribution in [0.25, 0.3) is 0 Å². The summed E-state index contributed by atoms with van der Waals surface area (Å²) in [7, 11) is 0. The third-order valence-electron chi connectivity index (χ3n) is 14.8. The van der Waals surface area contributed by atoms with Gasteiger partial charge in [0.2, 0.25) is 5.91 Å². The second-order valence-corrected chi connectivity index (χ2v) is 21.8. The molecule has 0 aromatic heterocycles.